The highest BCUT2D eigenvalue weighted by molar-refractivity contribution is 6.36. The smallest absolute Gasteiger partial charge is 0.306 e. The summed E-state index contributed by atoms with van der Waals surface area (Å²) < 4.78 is 4.94. The normalized spacial score (nSPS) is 10.3. The van der Waals surface area contributed by atoms with Gasteiger partial charge in [0.1, 0.15) is 0 Å². The zero-order valence-corrected chi connectivity index (χ0v) is 16.4. The predicted octanol–water partition coefficient (Wildman–Crippen LogP) is 4.58. The number of carbonyl (C=O) groups excluding carboxylic acids is 3. The maximum atomic E-state index is 12.0. The van der Waals surface area contributed by atoms with Crippen molar-refractivity contribution in [2.24, 2.45) is 0 Å². The summed E-state index contributed by atoms with van der Waals surface area (Å²) in [6.07, 6.45) is 0.455. The lowest BCUT2D eigenvalue weighted by Gasteiger charge is -2.07. The molecule has 0 radical (unpaired) electrons. The van der Waals surface area contributed by atoms with Crippen molar-refractivity contribution in [1.82, 2.24) is 5.32 Å². The highest BCUT2D eigenvalue weighted by Gasteiger charge is 2.13. The van der Waals surface area contributed by atoms with Crippen LogP contribution < -0.4 is 5.32 Å². The second-order valence-electron chi connectivity index (χ2n) is 5.57. The Bertz CT molecular complexity index is 837. The summed E-state index contributed by atoms with van der Waals surface area (Å²) in [4.78, 5) is 35.6. The Labute approximate surface area is 171 Å². The minimum absolute atomic E-state index is 0.0720. The molecule has 5 nitrogen and oxygen atoms in total. The van der Waals surface area contributed by atoms with E-state index in [0.29, 0.717) is 28.6 Å². The molecule has 0 atom stereocenters. The van der Waals surface area contributed by atoms with Gasteiger partial charge in [-0.05, 0) is 48.9 Å². The average molecular weight is 429 g/mol. The number of hydrogen-bond donors (Lipinski definition) is 1. The third-order valence-electron chi connectivity index (χ3n) is 3.55. The van der Waals surface area contributed by atoms with E-state index >= 15 is 0 Å². The Kier molecular flexibility index (Phi) is 8.10. The van der Waals surface area contributed by atoms with E-state index < -0.39 is 18.4 Å². The Hall–Kier alpha value is -2.08. The zero-order valence-electron chi connectivity index (χ0n) is 14.1. The molecular formula is C19H16Cl3NO4. The number of ether oxygens (including phenoxy) is 1. The summed E-state index contributed by atoms with van der Waals surface area (Å²) in [5.74, 6) is -1.21. The van der Waals surface area contributed by atoms with Crippen LogP contribution in [-0.4, -0.2) is 30.8 Å². The summed E-state index contributed by atoms with van der Waals surface area (Å²) >= 11 is 17.5. The molecule has 0 heterocycles. The van der Waals surface area contributed by atoms with E-state index in [9.17, 15) is 14.4 Å². The largest absolute Gasteiger partial charge is 0.457 e. The number of rotatable bonds is 8. The van der Waals surface area contributed by atoms with Crippen LogP contribution in [0.2, 0.25) is 15.1 Å². The van der Waals surface area contributed by atoms with Gasteiger partial charge in [-0.25, -0.2) is 0 Å². The van der Waals surface area contributed by atoms with Gasteiger partial charge in [-0.2, -0.15) is 0 Å². The zero-order chi connectivity index (χ0) is 19.8. The van der Waals surface area contributed by atoms with Crippen LogP contribution in [0.4, 0.5) is 0 Å². The summed E-state index contributed by atoms with van der Waals surface area (Å²) in [6.45, 7) is -0.106. The number of halogens is 3. The standard InChI is InChI=1S/C19H16Cl3NO4/c20-13-5-3-12(4-6-13)19(26)23-9-1-2-18(25)27-11-17(24)15-8-7-14(21)10-16(15)22/h3-8,10H,1-2,9,11H2,(H,23,26). The number of ketones is 1. The van der Waals surface area contributed by atoms with Gasteiger partial charge in [0, 0.05) is 34.1 Å². The number of Topliss-reactive ketones (excluding diaryl/α,β-unsaturated/α-hetero) is 1. The average Bonchev–Trinajstić information content (AvgIpc) is 2.63. The van der Waals surface area contributed by atoms with E-state index in [1.807, 2.05) is 0 Å². The molecule has 2 aromatic carbocycles. The summed E-state index contributed by atoms with van der Waals surface area (Å²) in [5.41, 5.74) is 0.719. The second kappa shape index (κ2) is 10.3. The van der Waals surface area contributed by atoms with Gasteiger partial charge in [0.2, 0.25) is 5.78 Å². The molecule has 0 fully saturated rings. The van der Waals surface area contributed by atoms with Crippen molar-refractivity contribution in [3.63, 3.8) is 0 Å². The molecule has 0 saturated heterocycles. The van der Waals surface area contributed by atoms with E-state index in [1.165, 1.54) is 18.2 Å². The van der Waals surface area contributed by atoms with Gasteiger partial charge in [0.05, 0.1) is 5.02 Å². The maximum Gasteiger partial charge on any atom is 0.306 e. The number of carbonyl (C=O) groups is 3. The topological polar surface area (TPSA) is 72.5 Å². The van der Waals surface area contributed by atoms with Crippen LogP contribution in [0.15, 0.2) is 42.5 Å². The molecule has 2 rings (SSSR count). The summed E-state index contributed by atoms with van der Waals surface area (Å²) in [7, 11) is 0. The molecule has 8 heteroatoms. The first kappa shape index (κ1) is 21.2. The van der Waals surface area contributed by atoms with E-state index in [2.05, 4.69) is 5.32 Å². The van der Waals surface area contributed by atoms with Gasteiger partial charge < -0.3 is 10.1 Å². The van der Waals surface area contributed by atoms with Gasteiger partial charge in [0.25, 0.3) is 5.91 Å². The van der Waals surface area contributed by atoms with Crippen LogP contribution in [-0.2, 0) is 9.53 Å². The van der Waals surface area contributed by atoms with Crippen molar-refractivity contribution in [3.05, 3.63) is 68.7 Å². The minimum atomic E-state index is -0.533. The van der Waals surface area contributed by atoms with Crippen molar-refractivity contribution in [1.29, 1.82) is 0 Å². The third kappa shape index (κ3) is 6.86. The highest BCUT2D eigenvalue weighted by Crippen LogP contribution is 2.21. The van der Waals surface area contributed by atoms with Crippen LogP contribution in [0.5, 0.6) is 0 Å². The van der Waals surface area contributed by atoms with Crippen LogP contribution in [0, 0.1) is 0 Å². The molecular weight excluding hydrogens is 413 g/mol. The summed E-state index contributed by atoms with van der Waals surface area (Å²) in [6, 6.07) is 10.9. The minimum Gasteiger partial charge on any atom is -0.457 e. The van der Waals surface area contributed by atoms with E-state index in [1.54, 1.807) is 24.3 Å². The quantitative estimate of drug-likeness (QED) is 0.379. The Morgan fingerprint density at radius 3 is 2.26 bits per heavy atom. The number of esters is 1. The molecule has 0 aliphatic rings. The first-order valence-electron chi connectivity index (χ1n) is 8.04. The van der Waals surface area contributed by atoms with Crippen molar-refractivity contribution in [2.75, 3.05) is 13.2 Å². The molecule has 0 spiro atoms. The lowest BCUT2D eigenvalue weighted by atomic mass is 10.1. The fraction of sp³-hybridized carbons (Fsp3) is 0.211. The number of nitrogens with one attached hydrogen (secondary N) is 1. The van der Waals surface area contributed by atoms with E-state index in [0.717, 1.165) is 0 Å². The first-order chi connectivity index (χ1) is 12.9. The van der Waals surface area contributed by atoms with Gasteiger partial charge in [-0.1, -0.05) is 34.8 Å². The van der Waals surface area contributed by atoms with Crippen LogP contribution in [0.3, 0.4) is 0 Å². The number of amides is 1. The Morgan fingerprint density at radius 2 is 1.59 bits per heavy atom. The third-order valence-corrected chi connectivity index (χ3v) is 4.35. The Balaban J connectivity index is 1.68. The second-order valence-corrected chi connectivity index (χ2v) is 6.85. The first-order valence-corrected chi connectivity index (χ1v) is 9.18. The highest BCUT2D eigenvalue weighted by atomic mass is 35.5. The molecule has 0 bridgehead atoms. The number of hydrogen-bond acceptors (Lipinski definition) is 4. The molecule has 0 unspecified atom stereocenters. The molecule has 142 valence electrons. The summed E-state index contributed by atoms with van der Waals surface area (Å²) in [5, 5.41) is 3.85. The van der Waals surface area contributed by atoms with Crippen LogP contribution in [0.25, 0.3) is 0 Å². The van der Waals surface area contributed by atoms with Crippen molar-refractivity contribution < 1.29 is 19.1 Å². The van der Waals surface area contributed by atoms with Crippen molar-refractivity contribution in [3.8, 4) is 0 Å². The van der Waals surface area contributed by atoms with Crippen LogP contribution >= 0.6 is 34.8 Å². The van der Waals surface area contributed by atoms with Crippen molar-refractivity contribution in [2.45, 2.75) is 12.8 Å². The van der Waals surface area contributed by atoms with Gasteiger partial charge >= 0.3 is 5.97 Å². The molecule has 2 aromatic rings. The molecule has 0 aromatic heterocycles. The number of benzene rings is 2. The van der Waals surface area contributed by atoms with Gasteiger partial charge in [-0.3, -0.25) is 14.4 Å². The monoisotopic (exact) mass is 427 g/mol. The van der Waals surface area contributed by atoms with Gasteiger partial charge in [0.15, 0.2) is 6.61 Å². The lowest BCUT2D eigenvalue weighted by Crippen LogP contribution is -2.25. The van der Waals surface area contributed by atoms with E-state index in [-0.39, 0.29) is 22.9 Å². The molecule has 0 aliphatic carbocycles. The molecule has 0 saturated carbocycles. The lowest BCUT2D eigenvalue weighted by molar-refractivity contribution is -0.142. The van der Waals surface area contributed by atoms with E-state index in [4.69, 9.17) is 39.5 Å². The SMILES string of the molecule is O=C(CCCNC(=O)c1ccc(Cl)cc1)OCC(=O)c1ccc(Cl)cc1Cl. The molecule has 0 aliphatic heterocycles. The van der Waals surface area contributed by atoms with Gasteiger partial charge in [-0.15, -0.1) is 0 Å². The fourth-order valence-corrected chi connectivity index (χ4v) is 2.79. The molecule has 27 heavy (non-hydrogen) atoms. The maximum absolute atomic E-state index is 12.0. The fourth-order valence-electron chi connectivity index (χ4n) is 2.15. The predicted molar refractivity (Wildman–Crippen MR) is 105 cm³/mol. The molecule has 1 amide bonds. The Morgan fingerprint density at radius 1 is 0.926 bits per heavy atom. The van der Waals surface area contributed by atoms with Crippen molar-refractivity contribution >= 4 is 52.5 Å². The molecule has 1 N–H and O–H groups in total. The van der Waals surface area contributed by atoms with Crippen LogP contribution in [0.1, 0.15) is 33.6 Å².